The van der Waals surface area contributed by atoms with Gasteiger partial charge in [0.2, 0.25) is 12.0 Å². The normalized spacial score (nSPS) is 19.0. The van der Waals surface area contributed by atoms with E-state index in [9.17, 15) is 9.90 Å². The van der Waals surface area contributed by atoms with Gasteiger partial charge in [-0.25, -0.2) is 4.79 Å². The Morgan fingerprint density at radius 3 is 2.53 bits per heavy atom. The average Bonchev–Trinajstić information content (AvgIpc) is 3.20. The molecule has 0 spiro atoms. The molecule has 1 heterocycles. The van der Waals surface area contributed by atoms with Gasteiger partial charge in [0.1, 0.15) is 0 Å². The second-order valence-electron chi connectivity index (χ2n) is 8.46. The number of carboxylic acids is 1. The van der Waals surface area contributed by atoms with E-state index in [0.717, 1.165) is 24.0 Å². The first-order valence-electron chi connectivity index (χ1n) is 11.1. The molecule has 1 N–H and O–H groups in total. The van der Waals surface area contributed by atoms with Crippen molar-refractivity contribution in [2.75, 3.05) is 0 Å². The predicted octanol–water partition coefficient (Wildman–Crippen LogP) is 5.84. The van der Waals surface area contributed by atoms with Gasteiger partial charge in [-0.15, -0.1) is 0 Å². The number of rotatable bonds is 6. The number of aliphatic carboxylic acids is 1. The summed E-state index contributed by atoms with van der Waals surface area (Å²) in [6.07, 6.45) is 3.59. The summed E-state index contributed by atoms with van der Waals surface area (Å²) >= 11 is 0. The lowest BCUT2D eigenvalue weighted by Crippen LogP contribution is -2.26. The molecular weight excluding hydrogens is 400 g/mol. The van der Waals surface area contributed by atoms with Crippen LogP contribution in [-0.4, -0.2) is 17.4 Å². The molecule has 1 aliphatic heterocycles. The van der Waals surface area contributed by atoms with E-state index in [0.29, 0.717) is 13.0 Å². The van der Waals surface area contributed by atoms with E-state index in [1.165, 1.54) is 27.8 Å². The van der Waals surface area contributed by atoms with Crippen LogP contribution in [-0.2, 0) is 33.7 Å². The molecule has 32 heavy (non-hydrogen) atoms. The number of carbonyl (C=O) groups is 1. The SMILES string of the molecule is CCc1ccc(CO[C@H]2C[C@@H](c3ccc4c(c3)Cc3ccccc3-4)C=C(C(=O)O)O2)cc1. The van der Waals surface area contributed by atoms with Gasteiger partial charge >= 0.3 is 5.97 Å². The largest absolute Gasteiger partial charge is 0.475 e. The summed E-state index contributed by atoms with van der Waals surface area (Å²) in [7, 11) is 0. The third-order valence-electron chi connectivity index (χ3n) is 6.38. The maximum Gasteiger partial charge on any atom is 0.370 e. The minimum atomic E-state index is -1.07. The molecule has 2 atom stereocenters. The van der Waals surface area contributed by atoms with Crippen molar-refractivity contribution in [1.82, 2.24) is 0 Å². The average molecular weight is 427 g/mol. The van der Waals surface area contributed by atoms with Crippen molar-refractivity contribution >= 4 is 5.97 Å². The Kier molecular flexibility index (Phi) is 5.54. The van der Waals surface area contributed by atoms with Gasteiger partial charge in [-0.2, -0.15) is 0 Å². The minimum Gasteiger partial charge on any atom is -0.475 e. The summed E-state index contributed by atoms with van der Waals surface area (Å²) in [6.45, 7) is 2.51. The van der Waals surface area contributed by atoms with Crippen LogP contribution >= 0.6 is 0 Å². The number of allylic oxidation sites excluding steroid dienone is 1. The van der Waals surface area contributed by atoms with Crippen LogP contribution in [0.2, 0.25) is 0 Å². The molecule has 2 aliphatic rings. The molecule has 0 fully saturated rings. The number of carboxylic acid groups (broad SMARTS) is 1. The molecule has 0 bridgehead atoms. The number of aryl methyl sites for hydroxylation is 1. The van der Waals surface area contributed by atoms with Gasteiger partial charge in [-0.05, 0) is 57.9 Å². The van der Waals surface area contributed by atoms with E-state index in [2.05, 4.69) is 61.5 Å². The fourth-order valence-corrected chi connectivity index (χ4v) is 4.60. The van der Waals surface area contributed by atoms with Crippen molar-refractivity contribution in [3.8, 4) is 11.1 Å². The van der Waals surface area contributed by atoms with Gasteiger partial charge in [-0.3, -0.25) is 0 Å². The van der Waals surface area contributed by atoms with Gasteiger partial charge in [0, 0.05) is 12.3 Å². The Hall–Kier alpha value is -3.37. The lowest BCUT2D eigenvalue weighted by atomic mass is 9.90. The van der Waals surface area contributed by atoms with Gasteiger partial charge in [-0.1, -0.05) is 73.7 Å². The number of fused-ring (bicyclic) bond motifs is 3. The first-order chi connectivity index (χ1) is 15.6. The van der Waals surface area contributed by atoms with Crippen molar-refractivity contribution in [3.05, 3.63) is 106 Å². The molecule has 4 heteroatoms. The molecule has 0 unspecified atom stereocenters. The van der Waals surface area contributed by atoms with Crippen LogP contribution in [0.4, 0.5) is 0 Å². The van der Waals surface area contributed by atoms with Gasteiger partial charge < -0.3 is 14.6 Å². The molecule has 0 amide bonds. The molecule has 162 valence electrons. The second kappa shape index (κ2) is 8.64. The number of benzene rings is 3. The number of ether oxygens (including phenoxy) is 2. The Morgan fingerprint density at radius 1 is 1.00 bits per heavy atom. The van der Waals surface area contributed by atoms with E-state index in [1.54, 1.807) is 6.08 Å². The molecule has 0 saturated heterocycles. The quantitative estimate of drug-likeness (QED) is 0.421. The van der Waals surface area contributed by atoms with E-state index in [1.807, 2.05) is 12.1 Å². The summed E-state index contributed by atoms with van der Waals surface area (Å²) < 4.78 is 11.6. The summed E-state index contributed by atoms with van der Waals surface area (Å²) in [6, 6.07) is 23.2. The zero-order valence-corrected chi connectivity index (χ0v) is 18.1. The zero-order chi connectivity index (χ0) is 22.1. The third kappa shape index (κ3) is 4.06. The van der Waals surface area contributed by atoms with Crippen LogP contribution in [0.5, 0.6) is 0 Å². The summed E-state index contributed by atoms with van der Waals surface area (Å²) in [5, 5.41) is 9.59. The Bertz CT molecular complexity index is 1180. The lowest BCUT2D eigenvalue weighted by molar-refractivity contribution is -0.159. The van der Waals surface area contributed by atoms with Crippen molar-refractivity contribution in [2.24, 2.45) is 0 Å². The van der Waals surface area contributed by atoms with Crippen molar-refractivity contribution in [2.45, 2.75) is 45.0 Å². The smallest absolute Gasteiger partial charge is 0.370 e. The summed E-state index contributed by atoms with van der Waals surface area (Å²) in [4.78, 5) is 11.7. The summed E-state index contributed by atoms with van der Waals surface area (Å²) in [5.74, 6) is -1.18. The van der Waals surface area contributed by atoms with Crippen molar-refractivity contribution in [3.63, 3.8) is 0 Å². The second-order valence-corrected chi connectivity index (χ2v) is 8.46. The van der Waals surface area contributed by atoms with E-state index < -0.39 is 12.3 Å². The van der Waals surface area contributed by atoms with Crippen LogP contribution in [0.15, 0.2) is 78.6 Å². The fraction of sp³-hybridized carbons (Fsp3) is 0.250. The van der Waals surface area contributed by atoms with Crippen LogP contribution in [0.1, 0.15) is 47.1 Å². The lowest BCUT2D eigenvalue weighted by Gasteiger charge is -2.28. The highest BCUT2D eigenvalue weighted by Gasteiger charge is 2.29. The molecule has 0 radical (unpaired) electrons. The van der Waals surface area contributed by atoms with Gasteiger partial charge in [0.25, 0.3) is 0 Å². The van der Waals surface area contributed by atoms with Crippen LogP contribution in [0.25, 0.3) is 11.1 Å². The number of hydrogen-bond acceptors (Lipinski definition) is 3. The topological polar surface area (TPSA) is 55.8 Å². The molecule has 4 nitrogen and oxygen atoms in total. The van der Waals surface area contributed by atoms with E-state index >= 15 is 0 Å². The first-order valence-corrected chi connectivity index (χ1v) is 11.1. The highest BCUT2D eigenvalue weighted by atomic mass is 16.7. The molecule has 0 saturated carbocycles. The third-order valence-corrected chi connectivity index (χ3v) is 6.38. The minimum absolute atomic E-state index is 0.0450. The van der Waals surface area contributed by atoms with Crippen molar-refractivity contribution in [1.29, 1.82) is 0 Å². The molecular formula is C28H26O4. The predicted molar refractivity (Wildman–Crippen MR) is 123 cm³/mol. The molecule has 0 aromatic heterocycles. The summed E-state index contributed by atoms with van der Waals surface area (Å²) in [5.41, 5.74) is 8.60. The Balaban J connectivity index is 1.34. The first kappa shape index (κ1) is 20.5. The van der Waals surface area contributed by atoms with Gasteiger partial charge in [0.05, 0.1) is 6.61 Å². The standard InChI is InChI=1S/C28H26O4/c1-2-18-7-9-19(10-8-18)17-31-27-16-22(15-26(32-27)28(29)30)20-11-12-25-23(13-20)14-21-5-3-4-6-24(21)25/h3-13,15,22,27H,2,14,16-17H2,1H3,(H,29,30)/t22-,27+/m0/s1. The Labute approximate surface area is 188 Å². The van der Waals surface area contributed by atoms with Crippen LogP contribution < -0.4 is 0 Å². The van der Waals surface area contributed by atoms with E-state index in [4.69, 9.17) is 9.47 Å². The Morgan fingerprint density at radius 2 is 1.75 bits per heavy atom. The molecule has 1 aliphatic carbocycles. The molecule has 3 aromatic rings. The monoisotopic (exact) mass is 426 g/mol. The van der Waals surface area contributed by atoms with Crippen LogP contribution in [0.3, 0.4) is 0 Å². The molecule has 3 aromatic carbocycles. The fourth-order valence-electron chi connectivity index (χ4n) is 4.60. The highest BCUT2D eigenvalue weighted by Crippen LogP contribution is 2.39. The van der Waals surface area contributed by atoms with Crippen LogP contribution in [0, 0.1) is 0 Å². The van der Waals surface area contributed by atoms with Gasteiger partial charge in [0.15, 0.2) is 0 Å². The maximum absolute atomic E-state index is 11.7. The number of hydrogen-bond donors (Lipinski definition) is 1. The zero-order valence-electron chi connectivity index (χ0n) is 18.1. The highest BCUT2D eigenvalue weighted by molar-refractivity contribution is 5.84. The van der Waals surface area contributed by atoms with Crippen molar-refractivity contribution < 1.29 is 19.4 Å². The molecule has 5 rings (SSSR count). The maximum atomic E-state index is 11.7. The van der Waals surface area contributed by atoms with E-state index in [-0.39, 0.29) is 11.7 Å².